The van der Waals surface area contributed by atoms with Crippen molar-refractivity contribution in [1.29, 1.82) is 0 Å². The maximum absolute atomic E-state index is 12.1. The second-order valence-electron chi connectivity index (χ2n) is 3.99. The molecule has 1 aromatic carbocycles. The Kier molecular flexibility index (Phi) is 4.88. The minimum Gasteiger partial charge on any atom is -0.389 e. The average Bonchev–Trinajstić information content (AvgIpc) is 2.91. The first-order chi connectivity index (χ1) is 9.90. The molecule has 0 radical (unpaired) electrons. The van der Waals surface area contributed by atoms with E-state index in [0.29, 0.717) is 11.5 Å². The number of hydrogen-bond donors (Lipinski definition) is 2. The fraction of sp³-hybridized carbons (Fsp3) is 0.182. The predicted octanol–water partition coefficient (Wildman–Crippen LogP) is 0.878. The van der Waals surface area contributed by atoms with Crippen molar-refractivity contribution in [2.24, 2.45) is 5.73 Å². The molecule has 0 aliphatic heterocycles. The number of benzene rings is 1. The van der Waals surface area contributed by atoms with Crippen molar-refractivity contribution in [1.82, 2.24) is 14.9 Å². The summed E-state index contributed by atoms with van der Waals surface area (Å²) in [5.74, 6) is 0.340. The fourth-order valence-electron chi connectivity index (χ4n) is 1.55. The Morgan fingerprint density at radius 3 is 2.81 bits per heavy atom. The van der Waals surface area contributed by atoms with Crippen molar-refractivity contribution in [3.8, 4) is 0 Å². The van der Waals surface area contributed by atoms with Gasteiger partial charge in [-0.1, -0.05) is 35.0 Å². The van der Waals surface area contributed by atoms with Crippen LogP contribution >= 0.6 is 23.8 Å². The van der Waals surface area contributed by atoms with Crippen LogP contribution in [0.3, 0.4) is 0 Å². The number of sulfonamides is 1. The quantitative estimate of drug-likeness (QED) is 0.747. The minimum atomic E-state index is -3.74. The molecule has 0 aliphatic rings. The van der Waals surface area contributed by atoms with E-state index in [2.05, 4.69) is 14.9 Å². The van der Waals surface area contributed by atoms with Gasteiger partial charge in [0, 0.05) is 18.5 Å². The van der Waals surface area contributed by atoms with E-state index in [4.69, 9.17) is 34.1 Å². The number of rotatable bonds is 6. The monoisotopic (exact) mass is 346 g/mol. The molecule has 3 N–H and O–H groups in total. The Morgan fingerprint density at radius 2 is 2.24 bits per heavy atom. The molecule has 0 aliphatic carbocycles. The van der Waals surface area contributed by atoms with E-state index in [1.165, 1.54) is 24.5 Å². The summed E-state index contributed by atoms with van der Waals surface area (Å²) in [6.45, 7) is 0.109. The molecule has 0 spiro atoms. The summed E-state index contributed by atoms with van der Waals surface area (Å²) in [4.78, 5) is 3.89. The summed E-state index contributed by atoms with van der Waals surface area (Å²) in [5, 5.41) is 3.47. The van der Waals surface area contributed by atoms with Crippen LogP contribution in [-0.4, -0.2) is 30.1 Å². The maximum atomic E-state index is 12.1. The summed E-state index contributed by atoms with van der Waals surface area (Å²) in [6.07, 6.45) is 1.52. The number of aromatic nitrogens is 2. The Labute approximate surface area is 131 Å². The molecule has 7 nitrogen and oxygen atoms in total. The number of thiocarbonyl (C=S) groups is 1. The summed E-state index contributed by atoms with van der Waals surface area (Å²) >= 11 is 10.8. The summed E-state index contributed by atoms with van der Waals surface area (Å²) in [6, 6.07) is 4.27. The van der Waals surface area contributed by atoms with Gasteiger partial charge in [0.1, 0.15) is 9.88 Å². The summed E-state index contributed by atoms with van der Waals surface area (Å²) < 4.78 is 31.4. The molecule has 112 valence electrons. The van der Waals surface area contributed by atoms with Crippen LogP contribution in [0.15, 0.2) is 33.9 Å². The molecule has 0 unspecified atom stereocenters. The Morgan fingerprint density at radius 1 is 1.48 bits per heavy atom. The third kappa shape index (κ3) is 3.97. The molecule has 2 aromatic rings. The second kappa shape index (κ2) is 6.48. The number of hydrogen-bond acceptors (Lipinski definition) is 6. The van der Waals surface area contributed by atoms with E-state index in [-0.39, 0.29) is 27.9 Å². The zero-order chi connectivity index (χ0) is 15.5. The largest absolute Gasteiger partial charge is 0.389 e. The molecule has 10 heteroatoms. The molecule has 1 heterocycles. The number of halogens is 1. The van der Waals surface area contributed by atoms with Crippen LogP contribution in [0.25, 0.3) is 0 Å². The van der Waals surface area contributed by atoms with Crippen LogP contribution < -0.4 is 10.5 Å². The van der Waals surface area contributed by atoms with E-state index >= 15 is 0 Å². The van der Waals surface area contributed by atoms with Crippen molar-refractivity contribution in [2.75, 3.05) is 6.54 Å². The van der Waals surface area contributed by atoms with Crippen LogP contribution in [0.2, 0.25) is 5.02 Å². The van der Waals surface area contributed by atoms with Crippen molar-refractivity contribution >= 4 is 38.8 Å². The molecular formula is C11H11ClN4O3S2. The highest BCUT2D eigenvalue weighted by Crippen LogP contribution is 2.22. The molecule has 2 rings (SSSR count). The summed E-state index contributed by atoms with van der Waals surface area (Å²) in [7, 11) is -3.74. The van der Waals surface area contributed by atoms with E-state index < -0.39 is 10.0 Å². The van der Waals surface area contributed by atoms with Crippen molar-refractivity contribution < 1.29 is 12.9 Å². The highest BCUT2D eigenvalue weighted by atomic mass is 35.5. The number of nitrogens with one attached hydrogen (secondary N) is 1. The minimum absolute atomic E-state index is 0.0466. The lowest BCUT2D eigenvalue weighted by molar-refractivity contribution is 0.377. The van der Waals surface area contributed by atoms with Gasteiger partial charge in [-0.25, -0.2) is 13.1 Å². The summed E-state index contributed by atoms with van der Waals surface area (Å²) in [5.41, 5.74) is 5.96. The lowest BCUT2D eigenvalue weighted by Crippen LogP contribution is -2.26. The normalized spacial score (nSPS) is 11.5. The number of nitrogens with two attached hydrogens (primary N) is 1. The number of nitrogens with zero attached hydrogens (tertiary/aromatic N) is 2. The molecule has 1 aromatic heterocycles. The second-order valence-corrected chi connectivity index (χ2v) is 6.57. The van der Waals surface area contributed by atoms with Crippen molar-refractivity contribution in [2.45, 2.75) is 11.3 Å². The predicted molar refractivity (Wildman–Crippen MR) is 80.5 cm³/mol. The standard InChI is InChI=1S/C11H11ClN4O3S2/c12-8-5-7(11(13)20)1-2-9(8)21(17,18)16-4-3-10-14-6-15-19-10/h1-2,5-6,16H,3-4H2,(H2,13,20). The van der Waals surface area contributed by atoms with E-state index in [1.807, 2.05) is 0 Å². The first-order valence-electron chi connectivity index (χ1n) is 5.75. The van der Waals surface area contributed by atoms with Gasteiger partial charge < -0.3 is 10.3 Å². The van der Waals surface area contributed by atoms with Gasteiger partial charge in [0.15, 0.2) is 6.33 Å². The molecule has 0 bridgehead atoms. The molecule has 21 heavy (non-hydrogen) atoms. The van der Waals surface area contributed by atoms with Gasteiger partial charge in [0.05, 0.1) is 5.02 Å². The van der Waals surface area contributed by atoms with Crippen LogP contribution in [-0.2, 0) is 16.4 Å². The zero-order valence-corrected chi connectivity index (χ0v) is 13.0. The van der Waals surface area contributed by atoms with E-state index in [0.717, 1.165) is 0 Å². The van der Waals surface area contributed by atoms with Gasteiger partial charge >= 0.3 is 0 Å². The molecule has 0 amide bonds. The van der Waals surface area contributed by atoms with E-state index in [1.54, 1.807) is 0 Å². The smallest absolute Gasteiger partial charge is 0.242 e. The maximum Gasteiger partial charge on any atom is 0.242 e. The third-order valence-corrected chi connectivity index (χ3v) is 4.72. The highest BCUT2D eigenvalue weighted by Gasteiger charge is 2.18. The molecular weight excluding hydrogens is 336 g/mol. The molecule has 0 saturated carbocycles. The van der Waals surface area contributed by atoms with Gasteiger partial charge in [-0.15, -0.1) is 0 Å². The van der Waals surface area contributed by atoms with Gasteiger partial charge in [0.2, 0.25) is 15.9 Å². The lowest BCUT2D eigenvalue weighted by Gasteiger charge is -2.08. The van der Waals surface area contributed by atoms with Crippen LogP contribution in [0, 0.1) is 0 Å². The first-order valence-corrected chi connectivity index (χ1v) is 8.01. The van der Waals surface area contributed by atoms with Gasteiger partial charge in [-0.2, -0.15) is 4.98 Å². The van der Waals surface area contributed by atoms with Gasteiger partial charge in [-0.3, -0.25) is 0 Å². The zero-order valence-electron chi connectivity index (χ0n) is 10.6. The third-order valence-electron chi connectivity index (χ3n) is 2.54. The van der Waals surface area contributed by atoms with Crippen LogP contribution in [0.5, 0.6) is 0 Å². The van der Waals surface area contributed by atoms with Gasteiger partial charge in [0.25, 0.3) is 0 Å². The fourth-order valence-corrected chi connectivity index (χ4v) is 3.25. The van der Waals surface area contributed by atoms with Crippen molar-refractivity contribution in [3.05, 3.63) is 41.0 Å². The molecule has 0 fully saturated rings. The lowest BCUT2D eigenvalue weighted by atomic mass is 10.2. The first kappa shape index (κ1) is 15.8. The van der Waals surface area contributed by atoms with Crippen LogP contribution in [0.4, 0.5) is 0 Å². The Balaban J connectivity index is 2.10. The van der Waals surface area contributed by atoms with Crippen LogP contribution in [0.1, 0.15) is 11.5 Å². The van der Waals surface area contributed by atoms with Crippen molar-refractivity contribution in [3.63, 3.8) is 0 Å². The van der Waals surface area contributed by atoms with E-state index in [9.17, 15) is 8.42 Å². The topological polar surface area (TPSA) is 111 Å². The average molecular weight is 347 g/mol. The Hall–Kier alpha value is -1.55. The molecule has 0 atom stereocenters. The molecule has 0 saturated heterocycles. The van der Waals surface area contributed by atoms with Gasteiger partial charge in [-0.05, 0) is 12.1 Å². The Bertz CT molecular complexity index is 747. The highest BCUT2D eigenvalue weighted by molar-refractivity contribution is 7.89. The SMILES string of the molecule is NC(=S)c1ccc(S(=O)(=O)NCCc2ncno2)c(Cl)c1.